The molecule has 0 bridgehead atoms. The number of aromatic nitrogens is 3. The number of fused-ring (bicyclic) bond motifs is 3. The summed E-state index contributed by atoms with van der Waals surface area (Å²) in [6.07, 6.45) is 2.87. The van der Waals surface area contributed by atoms with Gasteiger partial charge in [0.2, 0.25) is 0 Å². The average Bonchev–Trinajstić information content (AvgIpc) is 2.84. The van der Waals surface area contributed by atoms with Crippen molar-refractivity contribution < 1.29 is 21.1 Å². The molecule has 0 N–H and O–H groups in total. The van der Waals surface area contributed by atoms with Crippen molar-refractivity contribution in [3.05, 3.63) is 42.4 Å². The van der Waals surface area contributed by atoms with E-state index in [2.05, 4.69) is 16.4 Å². The molecule has 0 amide bonds. The number of para-hydroxylation sites is 1. The molecule has 2 heterocycles. The molecule has 3 aromatic rings. The normalized spacial score (nSPS) is 8.89. The summed E-state index contributed by atoms with van der Waals surface area (Å²) in [5, 5.41) is 5.38. The molecule has 0 aliphatic carbocycles. The monoisotopic (exact) mass is 426 g/mol. The van der Waals surface area contributed by atoms with Gasteiger partial charge in [-0.15, -0.1) is 0 Å². The molecule has 0 spiro atoms. The maximum absolute atomic E-state index is 4.26. The van der Waals surface area contributed by atoms with Crippen LogP contribution in [0.2, 0.25) is 0 Å². The van der Waals surface area contributed by atoms with Crippen LogP contribution in [0.5, 0.6) is 0 Å². The second kappa shape index (κ2) is 8.82. The molecule has 3 rings (SSSR count). The average molecular weight is 426 g/mol. The summed E-state index contributed by atoms with van der Waals surface area (Å²) >= 11 is 0. The van der Waals surface area contributed by atoms with E-state index in [-0.39, 0.29) is 21.1 Å². The molecule has 0 fully saturated rings. The van der Waals surface area contributed by atoms with Crippen molar-refractivity contribution in [3.63, 3.8) is 0 Å². The van der Waals surface area contributed by atoms with Gasteiger partial charge in [-0.3, -0.25) is 0 Å². The van der Waals surface area contributed by atoms with Crippen LogP contribution in [0.25, 0.3) is 16.4 Å². The van der Waals surface area contributed by atoms with Crippen LogP contribution < -0.4 is 0 Å². The van der Waals surface area contributed by atoms with Gasteiger partial charge < -0.3 is 9.50 Å². The third-order valence-corrected chi connectivity index (χ3v) is 2.28. The molecule has 0 saturated carbocycles. The molecular weight excluding hydrogens is 406 g/mol. The van der Waals surface area contributed by atoms with Crippen LogP contribution in [0, 0.1) is 13.3 Å². The zero-order chi connectivity index (χ0) is 13.5. The van der Waals surface area contributed by atoms with Crippen molar-refractivity contribution in [2.24, 2.45) is 0 Å². The number of benzene rings is 1. The topological polar surface area (TPSA) is 30.2 Å². The minimum Gasteiger partial charge on any atom is -0.366 e. The van der Waals surface area contributed by atoms with E-state index in [1.54, 1.807) is 4.52 Å². The first-order valence-electron chi connectivity index (χ1n) is 6.47. The number of rotatable bonds is 0. The third kappa shape index (κ3) is 3.87. The van der Waals surface area contributed by atoms with Gasteiger partial charge in [-0.2, -0.15) is 5.10 Å². The summed E-state index contributed by atoms with van der Waals surface area (Å²) < 4.78 is 1.69. The van der Waals surface area contributed by atoms with E-state index < -0.39 is 0 Å². The summed E-state index contributed by atoms with van der Waals surface area (Å²) in [5.41, 5.74) is 3.01. The van der Waals surface area contributed by atoms with Gasteiger partial charge in [0.05, 0.1) is 0 Å². The molecule has 102 valence electrons. The molecular formula is C15H20N3W-. The first kappa shape index (κ1) is 17.8. The summed E-state index contributed by atoms with van der Waals surface area (Å²) in [6.45, 7) is 9.97. The molecule has 0 aliphatic heterocycles. The van der Waals surface area contributed by atoms with Crippen LogP contribution in [-0.2, 0) is 21.1 Å². The van der Waals surface area contributed by atoms with Crippen molar-refractivity contribution in [2.75, 3.05) is 0 Å². The van der Waals surface area contributed by atoms with E-state index in [4.69, 9.17) is 0 Å². The minimum atomic E-state index is 0. The van der Waals surface area contributed by atoms with Crippen LogP contribution in [0.15, 0.2) is 30.3 Å². The summed E-state index contributed by atoms with van der Waals surface area (Å²) in [4.78, 5) is 4.20. The van der Waals surface area contributed by atoms with Gasteiger partial charge in [0.15, 0.2) is 0 Å². The first-order chi connectivity index (χ1) is 8.84. The van der Waals surface area contributed by atoms with E-state index in [0.717, 1.165) is 22.1 Å². The van der Waals surface area contributed by atoms with E-state index in [1.165, 1.54) is 0 Å². The van der Waals surface area contributed by atoms with E-state index in [9.17, 15) is 0 Å². The smallest absolute Gasteiger partial charge is 0.0460 e. The summed E-state index contributed by atoms with van der Waals surface area (Å²) in [6, 6.07) is 10.1. The molecule has 19 heavy (non-hydrogen) atoms. The molecule has 0 saturated heterocycles. The molecule has 3 nitrogen and oxygen atoms in total. The fourth-order valence-corrected chi connectivity index (χ4v) is 1.66. The maximum Gasteiger partial charge on any atom is 0.0460 e. The predicted octanol–water partition coefficient (Wildman–Crippen LogP) is 4.04. The number of aryl methyl sites for hydroxylation is 1. The van der Waals surface area contributed by atoms with Gasteiger partial charge in [0.25, 0.3) is 0 Å². The maximum atomic E-state index is 4.26. The van der Waals surface area contributed by atoms with Crippen LogP contribution >= 0.6 is 0 Å². The second-order valence-electron chi connectivity index (χ2n) is 3.31. The Labute approximate surface area is 129 Å². The van der Waals surface area contributed by atoms with Gasteiger partial charge in [-0.25, -0.2) is 0 Å². The zero-order valence-electron chi connectivity index (χ0n) is 12.1. The Morgan fingerprint density at radius 3 is 2.37 bits per heavy atom. The third-order valence-electron chi connectivity index (χ3n) is 2.28. The Balaban J connectivity index is 0.000000597. The summed E-state index contributed by atoms with van der Waals surface area (Å²) in [5.74, 6) is 0. The fraction of sp³-hybridized carbons (Fsp3) is 0.333. The molecule has 0 aliphatic rings. The van der Waals surface area contributed by atoms with Crippen molar-refractivity contribution >= 4 is 16.4 Å². The van der Waals surface area contributed by atoms with Crippen molar-refractivity contribution in [3.8, 4) is 0 Å². The van der Waals surface area contributed by atoms with Crippen molar-refractivity contribution in [2.45, 2.75) is 34.6 Å². The molecule has 1 aromatic carbocycles. The minimum absolute atomic E-state index is 0. The Bertz CT molecular complexity index is 617. The Morgan fingerprint density at radius 1 is 1.05 bits per heavy atom. The van der Waals surface area contributed by atoms with Crippen LogP contribution in [0.3, 0.4) is 0 Å². The van der Waals surface area contributed by atoms with Crippen molar-refractivity contribution in [1.82, 2.24) is 14.6 Å². The quantitative estimate of drug-likeness (QED) is 0.508. The molecule has 2 aromatic heterocycles. The molecule has 0 radical (unpaired) electrons. The van der Waals surface area contributed by atoms with Gasteiger partial charge in [0, 0.05) is 33.1 Å². The van der Waals surface area contributed by atoms with Gasteiger partial charge in [-0.05, 0) is 18.0 Å². The molecule has 4 heteroatoms. The van der Waals surface area contributed by atoms with Crippen LogP contribution in [0.1, 0.15) is 33.4 Å². The zero-order valence-corrected chi connectivity index (χ0v) is 15.1. The number of hydrogen-bond acceptors (Lipinski definition) is 2. The fourth-order valence-electron chi connectivity index (χ4n) is 1.66. The Hall–Kier alpha value is -1.21. The van der Waals surface area contributed by atoms with E-state index in [1.807, 2.05) is 65.0 Å². The predicted molar refractivity (Wildman–Crippen MR) is 76.8 cm³/mol. The van der Waals surface area contributed by atoms with Crippen LogP contribution in [0.4, 0.5) is 0 Å². The molecule has 0 unspecified atom stereocenters. The Morgan fingerprint density at radius 2 is 1.68 bits per heavy atom. The van der Waals surface area contributed by atoms with Crippen LogP contribution in [-0.4, -0.2) is 14.6 Å². The number of hydrogen-bond donors (Lipinski definition) is 0. The van der Waals surface area contributed by atoms with Gasteiger partial charge in [0.1, 0.15) is 0 Å². The Kier molecular flexibility index (Phi) is 8.25. The van der Waals surface area contributed by atoms with Crippen molar-refractivity contribution in [1.29, 1.82) is 0 Å². The van der Waals surface area contributed by atoms with Gasteiger partial charge >= 0.3 is 0 Å². The summed E-state index contributed by atoms with van der Waals surface area (Å²) in [7, 11) is 0. The number of nitrogens with zero attached hydrogens (tertiary/aromatic N) is 3. The standard InChI is InChI=1S/C11H8N3.2C2H6.W/c1-8-6-11-9-4-2-3-5-10(9)12-7-14(11)13-8;2*1-2;/h2-6H,1H3;2*1-2H3;/q-1;;;. The first-order valence-corrected chi connectivity index (χ1v) is 6.47. The van der Waals surface area contributed by atoms with E-state index >= 15 is 0 Å². The SMILES string of the molecule is CC.CC.Cc1cc2c3ccccc3n[c-]n2n1.[W]. The van der Waals surface area contributed by atoms with E-state index in [0.29, 0.717) is 0 Å². The largest absolute Gasteiger partial charge is 0.366 e. The second-order valence-corrected chi connectivity index (χ2v) is 3.31. The molecule has 0 atom stereocenters. The van der Waals surface area contributed by atoms with Gasteiger partial charge in [-0.1, -0.05) is 63.4 Å².